The summed E-state index contributed by atoms with van der Waals surface area (Å²) in [7, 11) is 1.77. The number of phenolic OH excluding ortho intramolecular Hbond substituents is 1. The van der Waals surface area contributed by atoms with E-state index in [1.165, 1.54) is 11.8 Å². The molecular weight excluding hydrogens is 294 g/mol. The fraction of sp³-hybridized carbons (Fsp3) is 0.133. The van der Waals surface area contributed by atoms with E-state index in [0.29, 0.717) is 5.02 Å². The summed E-state index contributed by atoms with van der Waals surface area (Å²) in [4.78, 5) is 15.1. The van der Waals surface area contributed by atoms with Crippen LogP contribution in [0.3, 0.4) is 0 Å². The van der Waals surface area contributed by atoms with Crippen LogP contribution in [0, 0.1) is 0 Å². The molecule has 0 fully saturated rings. The Morgan fingerprint density at radius 2 is 1.90 bits per heavy atom. The number of hydrogen-bond donors (Lipinski definition) is 1. The number of fused-ring (bicyclic) bond motifs is 1. The van der Waals surface area contributed by atoms with Crippen LogP contribution in [0.25, 0.3) is 0 Å². The predicted octanol–water partition coefficient (Wildman–Crippen LogP) is 3.86. The van der Waals surface area contributed by atoms with E-state index in [-0.39, 0.29) is 16.9 Å². The van der Waals surface area contributed by atoms with E-state index in [2.05, 4.69) is 0 Å². The van der Waals surface area contributed by atoms with Crippen LogP contribution < -0.4 is 4.90 Å². The molecule has 3 rings (SSSR count). The maximum Gasteiger partial charge on any atom is 0.244 e. The molecule has 5 heteroatoms. The number of halogens is 1. The first-order valence-electron chi connectivity index (χ1n) is 6.09. The van der Waals surface area contributed by atoms with Crippen molar-refractivity contribution in [3.63, 3.8) is 0 Å². The lowest BCUT2D eigenvalue weighted by Gasteiger charge is -2.31. The summed E-state index contributed by atoms with van der Waals surface area (Å²) in [5.41, 5.74) is 1.75. The molecule has 1 aliphatic rings. The zero-order valence-corrected chi connectivity index (χ0v) is 12.3. The van der Waals surface area contributed by atoms with Crippen LogP contribution in [0.4, 0.5) is 5.69 Å². The van der Waals surface area contributed by atoms with Crippen molar-refractivity contribution < 1.29 is 9.90 Å². The van der Waals surface area contributed by atoms with Gasteiger partial charge < -0.3 is 10.0 Å². The van der Waals surface area contributed by atoms with Crippen molar-refractivity contribution in [1.29, 1.82) is 0 Å². The fourth-order valence-corrected chi connectivity index (χ4v) is 3.75. The normalized spacial score (nSPS) is 18.0. The lowest BCUT2D eigenvalue weighted by molar-refractivity contribution is -0.118. The summed E-state index contributed by atoms with van der Waals surface area (Å²) in [6.45, 7) is 0. The number of phenols is 1. The number of aromatic hydroxyl groups is 1. The quantitative estimate of drug-likeness (QED) is 0.870. The summed E-state index contributed by atoms with van der Waals surface area (Å²) < 4.78 is 0. The highest BCUT2D eigenvalue weighted by atomic mass is 35.5. The molecule has 1 heterocycles. The molecule has 0 aliphatic carbocycles. The number of likely N-dealkylation sites (N-methyl/N-ethyl adjacent to an activating group) is 1. The topological polar surface area (TPSA) is 40.5 Å². The van der Waals surface area contributed by atoms with Crippen LogP contribution in [0.1, 0.15) is 10.8 Å². The van der Waals surface area contributed by atoms with Crippen LogP contribution in [0.15, 0.2) is 47.4 Å². The van der Waals surface area contributed by atoms with Crippen LogP contribution in [0.2, 0.25) is 5.02 Å². The van der Waals surface area contributed by atoms with Crippen molar-refractivity contribution >= 4 is 35.0 Å². The first-order chi connectivity index (χ1) is 9.56. The van der Waals surface area contributed by atoms with E-state index < -0.39 is 0 Å². The summed E-state index contributed by atoms with van der Waals surface area (Å²) in [5, 5.41) is 9.69. The monoisotopic (exact) mass is 305 g/mol. The van der Waals surface area contributed by atoms with Gasteiger partial charge in [-0.05, 0) is 35.9 Å². The highest BCUT2D eigenvalue weighted by Gasteiger charge is 2.32. The molecule has 0 spiro atoms. The van der Waals surface area contributed by atoms with E-state index in [4.69, 9.17) is 11.6 Å². The zero-order valence-electron chi connectivity index (χ0n) is 10.7. The van der Waals surface area contributed by atoms with Gasteiger partial charge >= 0.3 is 0 Å². The average molecular weight is 306 g/mol. The van der Waals surface area contributed by atoms with Crippen molar-refractivity contribution in [2.75, 3.05) is 11.9 Å². The van der Waals surface area contributed by atoms with E-state index in [1.807, 2.05) is 12.1 Å². The first kappa shape index (κ1) is 13.3. The zero-order chi connectivity index (χ0) is 14.3. The summed E-state index contributed by atoms with van der Waals surface area (Å²) in [6, 6.07) is 12.2. The van der Waals surface area contributed by atoms with Gasteiger partial charge in [0.1, 0.15) is 11.0 Å². The highest BCUT2D eigenvalue weighted by molar-refractivity contribution is 8.00. The van der Waals surface area contributed by atoms with Crippen LogP contribution in [0.5, 0.6) is 5.75 Å². The number of hydrogen-bond acceptors (Lipinski definition) is 3. The van der Waals surface area contributed by atoms with Crippen molar-refractivity contribution in [3.8, 4) is 5.75 Å². The second-order valence-electron chi connectivity index (χ2n) is 4.60. The Hall–Kier alpha value is -1.65. The fourth-order valence-electron chi connectivity index (χ4n) is 2.19. The van der Waals surface area contributed by atoms with Gasteiger partial charge in [-0.1, -0.05) is 23.7 Å². The molecule has 20 heavy (non-hydrogen) atoms. The molecule has 3 nitrogen and oxygen atoms in total. The molecule has 0 saturated carbocycles. The number of nitrogens with zero attached hydrogens (tertiary/aromatic N) is 1. The molecule has 0 aromatic heterocycles. The van der Waals surface area contributed by atoms with Gasteiger partial charge in [-0.15, -0.1) is 11.8 Å². The molecule has 0 radical (unpaired) electrons. The van der Waals surface area contributed by atoms with Gasteiger partial charge in [-0.3, -0.25) is 4.79 Å². The number of carbonyl (C=O) groups is 1. The van der Waals surface area contributed by atoms with Gasteiger partial charge in [0.2, 0.25) is 5.91 Å². The van der Waals surface area contributed by atoms with Gasteiger partial charge in [-0.2, -0.15) is 0 Å². The third-order valence-electron chi connectivity index (χ3n) is 3.28. The highest BCUT2D eigenvalue weighted by Crippen LogP contribution is 2.46. The van der Waals surface area contributed by atoms with Gasteiger partial charge in [0.25, 0.3) is 0 Å². The molecule has 102 valence electrons. The lowest BCUT2D eigenvalue weighted by Crippen LogP contribution is -2.33. The van der Waals surface area contributed by atoms with Gasteiger partial charge in [-0.25, -0.2) is 0 Å². The second-order valence-corrected chi connectivity index (χ2v) is 6.18. The standard InChI is InChI=1S/C15H12ClNO2S/c1-17-12-7-4-10(16)8-13(12)20-14(15(17)19)9-2-5-11(18)6-3-9/h2-8,14,18H,1H3. The molecule has 1 amide bonds. The van der Waals surface area contributed by atoms with Gasteiger partial charge in [0, 0.05) is 17.0 Å². The summed E-state index contributed by atoms with van der Waals surface area (Å²) in [6.07, 6.45) is 0. The Balaban J connectivity index is 2.03. The van der Waals surface area contributed by atoms with Crippen molar-refractivity contribution in [1.82, 2.24) is 0 Å². The van der Waals surface area contributed by atoms with Crippen molar-refractivity contribution in [2.45, 2.75) is 10.1 Å². The average Bonchev–Trinajstić information content (AvgIpc) is 2.44. The van der Waals surface area contributed by atoms with E-state index in [9.17, 15) is 9.90 Å². The number of benzene rings is 2. The molecule has 1 unspecified atom stereocenters. The smallest absolute Gasteiger partial charge is 0.244 e. The predicted molar refractivity (Wildman–Crippen MR) is 81.6 cm³/mol. The lowest BCUT2D eigenvalue weighted by atomic mass is 10.1. The molecule has 2 aromatic rings. The Bertz CT molecular complexity index is 672. The third-order valence-corrected chi connectivity index (χ3v) is 4.80. The summed E-state index contributed by atoms with van der Waals surface area (Å²) >= 11 is 7.51. The van der Waals surface area contributed by atoms with Crippen LogP contribution >= 0.6 is 23.4 Å². The minimum Gasteiger partial charge on any atom is -0.508 e. The van der Waals surface area contributed by atoms with Crippen LogP contribution in [-0.4, -0.2) is 18.1 Å². The number of anilines is 1. The molecule has 1 atom stereocenters. The largest absolute Gasteiger partial charge is 0.508 e. The number of carbonyl (C=O) groups excluding carboxylic acids is 1. The first-order valence-corrected chi connectivity index (χ1v) is 7.35. The number of thioether (sulfide) groups is 1. The number of rotatable bonds is 1. The van der Waals surface area contributed by atoms with E-state index in [1.54, 1.807) is 42.3 Å². The maximum absolute atomic E-state index is 12.5. The maximum atomic E-state index is 12.5. The van der Waals surface area contributed by atoms with Gasteiger partial charge in [0.15, 0.2) is 0 Å². The molecule has 2 aromatic carbocycles. The second kappa shape index (κ2) is 5.04. The Morgan fingerprint density at radius 1 is 1.20 bits per heavy atom. The molecule has 1 aliphatic heterocycles. The van der Waals surface area contributed by atoms with Crippen molar-refractivity contribution in [3.05, 3.63) is 53.1 Å². The van der Waals surface area contributed by atoms with E-state index in [0.717, 1.165) is 16.1 Å². The molecule has 0 saturated heterocycles. The van der Waals surface area contributed by atoms with Crippen LogP contribution in [-0.2, 0) is 4.79 Å². The van der Waals surface area contributed by atoms with Gasteiger partial charge in [0.05, 0.1) is 5.69 Å². The molecular formula is C15H12ClNO2S. The molecule has 0 bridgehead atoms. The minimum absolute atomic E-state index is 0.0236. The Morgan fingerprint density at radius 3 is 2.60 bits per heavy atom. The minimum atomic E-state index is -0.313. The molecule has 1 N–H and O–H groups in total. The Kier molecular flexibility index (Phi) is 3.36. The Labute approximate surface area is 126 Å². The van der Waals surface area contributed by atoms with Crippen molar-refractivity contribution in [2.24, 2.45) is 0 Å². The number of amides is 1. The third kappa shape index (κ3) is 2.25. The van der Waals surface area contributed by atoms with E-state index >= 15 is 0 Å². The summed E-state index contributed by atoms with van der Waals surface area (Å²) in [5.74, 6) is 0.217. The SMILES string of the molecule is CN1C(=O)C(c2ccc(O)cc2)Sc2cc(Cl)ccc21.